The fourth-order valence-corrected chi connectivity index (χ4v) is 1.71. The molecule has 6 heteroatoms. The molecule has 0 spiro atoms. The Balaban J connectivity index is 2.44. The van der Waals surface area contributed by atoms with Crippen LogP contribution in [0.1, 0.15) is 12.5 Å². The number of aromatic nitrogens is 1. The fourth-order valence-electron chi connectivity index (χ4n) is 1.71. The molecule has 2 aromatic rings. The summed E-state index contributed by atoms with van der Waals surface area (Å²) in [7, 11) is 1.29. The summed E-state index contributed by atoms with van der Waals surface area (Å²) in [5.74, 6) is -0.464. The van der Waals surface area contributed by atoms with Crippen molar-refractivity contribution in [3.05, 3.63) is 34.1 Å². The number of anilines is 1. The first kappa shape index (κ1) is 13.1. The number of para-hydroxylation sites is 1. The molecule has 0 aliphatic rings. The molecule has 0 aliphatic carbocycles. The van der Waals surface area contributed by atoms with Gasteiger partial charge in [-0.05, 0) is 25.5 Å². The van der Waals surface area contributed by atoms with E-state index in [4.69, 9.17) is 4.42 Å². The lowest BCUT2D eigenvalue weighted by molar-refractivity contribution is -0.141. The molecule has 1 N–H and O–H groups in total. The maximum absolute atomic E-state index is 11.8. The fraction of sp³-hybridized carbons (Fsp3) is 0.308. The van der Waals surface area contributed by atoms with E-state index in [2.05, 4.69) is 15.0 Å². The second kappa shape index (κ2) is 5.09. The summed E-state index contributed by atoms with van der Waals surface area (Å²) >= 11 is 0. The first-order valence-electron chi connectivity index (χ1n) is 5.77. The predicted molar refractivity (Wildman–Crippen MR) is 70.1 cm³/mol. The smallest absolute Gasteiger partial charge is 0.328 e. The van der Waals surface area contributed by atoms with E-state index < -0.39 is 17.6 Å². The molecule has 0 aliphatic heterocycles. The molecule has 0 radical (unpaired) electrons. The summed E-state index contributed by atoms with van der Waals surface area (Å²) < 4.78 is 10.1. The standard InChI is InChI=1S/C13H14N2O4/c1-7-5-4-6-9-10(7)19-13(15-11(9)16)14-8(2)12(17)18-3/h4-6,8H,1-3H3,(H,14,15,16). The Labute approximate surface area is 109 Å². The summed E-state index contributed by atoms with van der Waals surface area (Å²) in [5, 5.41) is 3.11. The monoisotopic (exact) mass is 262 g/mol. The number of benzene rings is 1. The third-order valence-corrected chi connectivity index (χ3v) is 2.74. The van der Waals surface area contributed by atoms with Gasteiger partial charge in [-0.3, -0.25) is 4.79 Å². The van der Waals surface area contributed by atoms with Gasteiger partial charge in [0.15, 0.2) is 0 Å². The van der Waals surface area contributed by atoms with Crippen molar-refractivity contribution in [2.75, 3.05) is 12.4 Å². The molecule has 6 nitrogen and oxygen atoms in total. The number of hydrogen-bond acceptors (Lipinski definition) is 6. The quantitative estimate of drug-likeness (QED) is 0.843. The Morgan fingerprint density at radius 3 is 2.89 bits per heavy atom. The molecule has 1 aromatic heterocycles. The van der Waals surface area contributed by atoms with E-state index in [-0.39, 0.29) is 6.01 Å². The number of ether oxygens (including phenoxy) is 1. The maximum Gasteiger partial charge on any atom is 0.328 e. The zero-order chi connectivity index (χ0) is 14.0. The zero-order valence-corrected chi connectivity index (χ0v) is 10.9. The topological polar surface area (TPSA) is 81.4 Å². The molecule has 1 unspecified atom stereocenters. The van der Waals surface area contributed by atoms with Crippen LogP contribution in [0.3, 0.4) is 0 Å². The molecule has 1 heterocycles. The Bertz CT molecular complexity index is 678. The summed E-state index contributed by atoms with van der Waals surface area (Å²) in [6, 6.07) is 4.60. The van der Waals surface area contributed by atoms with Crippen LogP contribution in [-0.4, -0.2) is 24.1 Å². The Kier molecular flexibility index (Phi) is 3.50. The van der Waals surface area contributed by atoms with Crippen LogP contribution in [0.5, 0.6) is 0 Å². The molecular weight excluding hydrogens is 248 g/mol. The minimum absolute atomic E-state index is 0.00435. The van der Waals surface area contributed by atoms with Crippen LogP contribution in [0.4, 0.5) is 6.01 Å². The van der Waals surface area contributed by atoms with Gasteiger partial charge in [0.1, 0.15) is 11.6 Å². The second-order valence-corrected chi connectivity index (χ2v) is 4.16. The largest absolute Gasteiger partial charge is 0.467 e. The molecule has 0 bridgehead atoms. The molecule has 2 rings (SSSR count). The van der Waals surface area contributed by atoms with E-state index in [1.54, 1.807) is 19.1 Å². The average Bonchev–Trinajstić information content (AvgIpc) is 2.39. The van der Waals surface area contributed by atoms with Gasteiger partial charge in [-0.1, -0.05) is 12.1 Å². The van der Waals surface area contributed by atoms with E-state index in [0.717, 1.165) is 5.56 Å². The SMILES string of the molecule is COC(=O)C(C)Nc1nc(=O)c2cccc(C)c2o1. The number of esters is 1. The van der Waals surface area contributed by atoms with Gasteiger partial charge in [0.2, 0.25) is 0 Å². The van der Waals surface area contributed by atoms with Crippen molar-refractivity contribution in [2.45, 2.75) is 19.9 Å². The maximum atomic E-state index is 11.8. The minimum atomic E-state index is -0.651. The number of nitrogens with zero attached hydrogens (tertiary/aromatic N) is 1. The highest BCUT2D eigenvalue weighted by atomic mass is 16.5. The Hall–Kier alpha value is -2.37. The van der Waals surface area contributed by atoms with Crippen LogP contribution in [0.15, 0.2) is 27.4 Å². The summed E-state index contributed by atoms with van der Waals surface area (Å²) in [6.45, 7) is 3.42. The highest BCUT2D eigenvalue weighted by Gasteiger charge is 2.16. The van der Waals surface area contributed by atoms with Crippen molar-refractivity contribution in [3.63, 3.8) is 0 Å². The van der Waals surface area contributed by atoms with Crippen molar-refractivity contribution < 1.29 is 13.9 Å². The van der Waals surface area contributed by atoms with E-state index in [1.807, 2.05) is 13.0 Å². The Morgan fingerprint density at radius 2 is 2.21 bits per heavy atom. The minimum Gasteiger partial charge on any atom is -0.467 e. The van der Waals surface area contributed by atoms with Crippen molar-refractivity contribution in [1.29, 1.82) is 0 Å². The number of nitrogens with one attached hydrogen (secondary N) is 1. The van der Waals surface area contributed by atoms with Crippen LogP contribution in [0, 0.1) is 6.92 Å². The lowest BCUT2D eigenvalue weighted by Gasteiger charge is -2.11. The van der Waals surface area contributed by atoms with Gasteiger partial charge in [-0.2, -0.15) is 4.98 Å². The van der Waals surface area contributed by atoms with E-state index in [9.17, 15) is 9.59 Å². The number of methoxy groups -OCH3 is 1. The van der Waals surface area contributed by atoms with Gasteiger partial charge in [-0.25, -0.2) is 4.79 Å². The molecule has 1 aromatic carbocycles. The van der Waals surface area contributed by atoms with Crippen LogP contribution in [0.2, 0.25) is 0 Å². The molecule has 19 heavy (non-hydrogen) atoms. The van der Waals surface area contributed by atoms with Crippen LogP contribution in [-0.2, 0) is 9.53 Å². The average molecular weight is 262 g/mol. The summed E-state index contributed by atoms with van der Waals surface area (Å²) in [5.41, 5.74) is 0.886. The van der Waals surface area contributed by atoms with Gasteiger partial charge in [0, 0.05) is 0 Å². The van der Waals surface area contributed by atoms with Crippen molar-refractivity contribution in [2.24, 2.45) is 0 Å². The highest BCUT2D eigenvalue weighted by Crippen LogP contribution is 2.17. The van der Waals surface area contributed by atoms with Gasteiger partial charge in [0.25, 0.3) is 11.6 Å². The van der Waals surface area contributed by atoms with E-state index >= 15 is 0 Å². The highest BCUT2D eigenvalue weighted by molar-refractivity contribution is 5.80. The van der Waals surface area contributed by atoms with Crippen LogP contribution in [0.25, 0.3) is 11.0 Å². The molecule has 1 atom stereocenters. The molecular formula is C13H14N2O4. The van der Waals surface area contributed by atoms with Gasteiger partial charge < -0.3 is 14.5 Å². The first-order valence-corrected chi connectivity index (χ1v) is 5.77. The normalized spacial score (nSPS) is 12.2. The third kappa shape index (κ3) is 2.57. The zero-order valence-electron chi connectivity index (χ0n) is 10.9. The summed E-state index contributed by atoms with van der Waals surface area (Å²) in [4.78, 5) is 26.9. The third-order valence-electron chi connectivity index (χ3n) is 2.74. The van der Waals surface area contributed by atoms with Crippen LogP contribution >= 0.6 is 0 Å². The molecule has 0 saturated carbocycles. The number of hydrogen-bond donors (Lipinski definition) is 1. The summed E-state index contributed by atoms with van der Waals surface area (Å²) in [6.07, 6.45) is 0. The lowest BCUT2D eigenvalue weighted by atomic mass is 10.2. The van der Waals surface area contributed by atoms with Crippen LogP contribution < -0.4 is 10.9 Å². The van der Waals surface area contributed by atoms with Gasteiger partial charge >= 0.3 is 5.97 Å². The second-order valence-electron chi connectivity index (χ2n) is 4.16. The van der Waals surface area contributed by atoms with Crippen molar-refractivity contribution in [3.8, 4) is 0 Å². The van der Waals surface area contributed by atoms with E-state index in [1.165, 1.54) is 7.11 Å². The number of aryl methyl sites for hydroxylation is 1. The number of carbonyl (C=O) groups excluding carboxylic acids is 1. The number of fused-ring (bicyclic) bond motifs is 1. The van der Waals surface area contributed by atoms with E-state index in [0.29, 0.717) is 11.0 Å². The molecule has 100 valence electrons. The Morgan fingerprint density at radius 1 is 1.47 bits per heavy atom. The first-order chi connectivity index (χ1) is 9.02. The molecule has 0 saturated heterocycles. The number of rotatable bonds is 3. The van der Waals surface area contributed by atoms with Crippen molar-refractivity contribution >= 4 is 23.0 Å². The van der Waals surface area contributed by atoms with Crippen molar-refractivity contribution in [1.82, 2.24) is 4.98 Å². The van der Waals surface area contributed by atoms with Gasteiger partial charge in [-0.15, -0.1) is 0 Å². The number of carbonyl (C=O) groups is 1. The van der Waals surface area contributed by atoms with Gasteiger partial charge in [0.05, 0.1) is 12.5 Å². The lowest BCUT2D eigenvalue weighted by Crippen LogP contribution is -2.28. The molecule has 0 amide bonds. The molecule has 0 fully saturated rings. The predicted octanol–water partition coefficient (Wildman–Crippen LogP) is 1.47.